The van der Waals surface area contributed by atoms with Gasteiger partial charge in [0.1, 0.15) is 12.2 Å². The maximum atomic E-state index is 12.7. The van der Waals surface area contributed by atoms with Crippen LogP contribution >= 0.6 is 11.3 Å². The van der Waals surface area contributed by atoms with E-state index in [0.717, 1.165) is 16.0 Å². The highest BCUT2D eigenvalue weighted by molar-refractivity contribution is 7.13. The van der Waals surface area contributed by atoms with Gasteiger partial charge in [0.05, 0.1) is 10.3 Å². The molecule has 1 amide bonds. The predicted molar refractivity (Wildman–Crippen MR) is 102 cm³/mol. The Bertz CT molecular complexity index is 945. The molecule has 1 N–H and O–H groups in total. The monoisotopic (exact) mass is 355 g/mol. The zero-order valence-electron chi connectivity index (χ0n) is 14.5. The van der Waals surface area contributed by atoms with Gasteiger partial charge in [-0.25, -0.2) is 4.68 Å². The Kier molecular flexibility index (Phi) is 4.99. The summed E-state index contributed by atoms with van der Waals surface area (Å²) >= 11 is 1.56. The van der Waals surface area contributed by atoms with Crippen molar-refractivity contribution < 1.29 is 4.79 Å². The average molecular weight is 355 g/mol. The molecular formula is C19H21N3O2S. The van der Waals surface area contributed by atoms with Crippen molar-refractivity contribution in [1.29, 1.82) is 0 Å². The Morgan fingerprint density at radius 3 is 2.52 bits per heavy atom. The summed E-state index contributed by atoms with van der Waals surface area (Å²) in [5, 5.41) is 10.8. The number of aromatic nitrogens is 2. The molecule has 0 aliphatic heterocycles. The number of rotatable bonds is 5. The van der Waals surface area contributed by atoms with Crippen LogP contribution in [0.2, 0.25) is 0 Å². The number of benzene rings is 1. The Labute approximate surface area is 150 Å². The molecule has 2 heterocycles. The van der Waals surface area contributed by atoms with Crippen LogP contribution in [0.25, 0.3) is 21.3 Å². The number of carbonyl (C=O) groups excluding carboxylic acids is 1. The normalized spacial score (nSPS) is 12.5. The number of fused-ring (bicyclic) bond motifs is 1. The Hall–Kier alpha value is -2.47. The predicted octanol–water partition coefficient (Wildman–Crippen LogP) is 3.29. The van der Waals surface area contributed by atoms with Gasteiger partial charge in [-0.05, 0) is 30.4 Å². The van der Waals surface area contributed by atoms with E-state index in [2.05, 4.69) is 10.4 Å². The average Bonchev–Trinajstić information content (AvgIpc) is 3.11. The van der Waals surface area contributed by atoms with Crippen molar-refractivity contribution in [2.75, 3.05) is 0 Å². The summed E-state index contributed by atoms with van der Waals surface area (Å²) in [6.07, 6.45) is 0. The van der Waals surface area contributed by atoms with E-state index in [-0.39, 0.29) is 24.1 Å². The largest absolute Gasteiger partial charge is 0.352 e. The van der Waals surface area contributed by atoms with E-state index < -0.39 is 0 Å². The number of nitrogens with one attached hydrogen (secondary N) is 1. The lowest BCUT2D eigenvalue weighted by Gasteiger charge is -2.18. The topological polar surface area (TPSA) is 64.0 Å². The fourth-order valence-electron chi connectivity index (χ4n) is 2.54. The van der Waals surface area contributed by atoms with E-state index >= 15 is 0 Å². The van der Waals surface area contributed by atoms with E-state index in [0.29, 0.717) is 11.3 Å². The van der Waals surface area contributed by atoms with Gasteiger partial charge in [-0.3, -0.25) is 9.59 Å². The van der Waals surface area contributed by atoms with Crippen LogP contribution in [0.3, 0.4) is 0 Å². The molecule has 0 aliphatic rings. The summed E-state index contributed by atoms with van der Waals surface area (Å²) < 4.78 is 1.26. The van der Waals surface area contributed by atoms with Crippen molar-refractivity contribution in [3.63, 3.8) is 0 Å². The molecular weight excluding hydrogens is 334 g/mol. The van der Waals surface area contributed by atoms with E-state index in [1.165, 1.54) is 4.68 Å². The third-order valence-corrected chi connectivity index (χ3v) is 5.18. The fraction of sp³-hybridized carbons (Fsp3) is 0.316. The molecule has 0 radical (unpaired) electrons. The van der Waals surface area contributed by atoms with E-state index in [1.807, 2.05) is 56.5 Å². The molecule has 0 saturated heterocycles. The van der Waals surface area contributed by atoms with Gasteiger partial charge in [0.2, 0.25) is 5.91 Å². The third-order valence-electron chi connectivity index (χ3n) is 4.30. The zero-order valence-corrected chi connectivity index (χ0v) is 15.3. The SMILES string of the molecule is CC(C)[C@@H](C)NC(=O)Cn1nc(-c2cccs2)c2ccccc2c1=O. The van der Waals surface area contributed by atoms with Gasteiger partial charge in [0, 0.05) is 11.4 Å². The van der Waals surface area contributed by atoms with Crippen molar-refractivity contribution in [2.45, 2.75) is 33.4 Å². The molecule has 1 atom stereocenters. The molecule has 5 nitrogen and oxygen atoms in total. The minimum Gasteiger partial charge on any atom is -0.352 e. The first kappa shape index (κ1) is 17.4. The lowest BCUT2D eigenvalue weighted by Crippen LogP contribution is -2.40. The summed E-state index contributed by atoms with van der Waals surface area (Å²) in [5.41, 5.74) is 0.484. The van der Waals surface area contributed by atoms with Crippen LogP contribution < -0.4 is 10.9 Å². The van der Waals surface area contributed by atoms with Crippen molar-refractivity contribution >= 4 is 28.0 Å². The van der Waals surface area contributed by atoms with Crippen LogP contribution in [0.4, 0.5) is 0 Å². The van der Waals surface area contributed by atoms with Crippen LogP contribution in [-0.4, -0.2) is 21.7 Å². The lowest BCUT2D eigenvalue weighted by atomic mass is 10.1. The van der Waals surface area contributed by atoms with Gasteiger partial charge in [0.25, 0.3) is 5.56 Å². The summed E-state index contributed by atoms with van der Waals surface area (Å²) in [4.78, 5) is 26.0. The van der Waals surface area contributed by atoms with Crippen LogP contribution in [0.1, 0.15) is 20.8 Å². The molecule has 0 spiro atoms. The number of carbonyl (C=O) groups is 1. The summed E-state index contributed by atoms with van der Waals surface area (Å²) in [5.74, 6) is 0.120. The van der Waals surface area contributed by atoms with Gasteiger partial charge in [-0.2, -0.15) is 5.10 Å². The molecule has 0 bridgehead atoms. The van der Waals surface area contributed by atoms with Gasteiger partial charge < -0.3 is 5.32 Å². The molecule has 0 aliphatic carbocycles. The maximum Gasteiger partial charge on any atom is 0.275 e. The molecule has 3 rings (SSSR count). The van der Waals surface area contributed by atoms with E-state index in [9.17, 15) is 9.59 Å². The highest BCUT2D eigenvalue weighted by Gasteiger charge is 2.16. The summed E-state index contributed by atoms with van der Waals surface area (Å²) in [7, 11) is 0. The molecule has 3 aromatic rings. The zero-order chi connectivity index (χ0) is 18.0. The number of nitrogens with zero attached hydrogens (tertiary/aromatic N) is 2. The van der Waals surface area contributed by atoms with E-state index in [4.69, 9.17) is 0 Å². The Morgan fingerprint density at radius 2 is 1.88 bits per heavy atom. The van der Waals surface area contributed by atoms with Crippen LogP contribution in [0.5, 0.6) is 0 Å². The highest BCUT2D eigenvalue weighted by Crippen LogP contribution is 2.28. The van der Waals surface area contributed by atoms with Gasteiger partial charge in [-0.1, -0.05) is 38.1 Å². The fourth-order valence-corrected chi connectivity index (χ4v) is 3.26. The third kappa shape index (κ3) is 3.64. The van der Waals surface area contributed by atoms with Gasteiger partial charge in [-0.15, -0.1) is 11.3 Å². The lowest BCUT2D eigenvalue weighted by molar-refractivity contribution is -0.122. The quantitative estimate of drug-likeness (QED) is 0.764. The first-order valence-corrected chi connectivity index (χ1v) is 9.18. The summed E-state index contributed by atoms with van der Waals surface area (Å²) in [6.45, 7) is 5.95. The molecule has 25 heavy (non-hydrogen) atoms. The minimum absolute atomic E-state index is 0.0421. The van der Waals surface area contributed by atoms with Crippen molar-refractivity contribution in [3.8, 4) is 10.6 Å². The van der Waals surface area contributed by atoms with Gasteiger partial charge >= 0.3 is 0 Å². The number of hydrogen-bond donors (Lipinski definition) is 1. The van der Waals surface area contributed by atoms with Crippen LogP contribution in [-0.2, 0) is 11.3 Å². The summed E-state index contributed by atoms with van der Waals surface area (Å²) in [6, 6.07) is 11.3. The number of amides is 1. The minimum atomic E-state index is -0.247. The molecule has 0 unspecified atom stereocenters. The van der Waals surface area contributed by atoms with Gasteiger partial charge in [0.15, 0.2) is 0 Å². The van der Waals surface area contributed by atoms with E-state index in [1.54, 1.807) is 17.4 Å². The second kappa shape index (κ2) is 7.19. The second-order valence-electron chi connectivity index (χ2n) is 6.43. The molecule has 6 heteroatoms. The molecule has 0 fully saturated rings. The molecule has 0 saturated carbocycles. The second-order valence-corrected chi connectivity index (χ2v) is 7.38. The maximum absolute atomic E-state index is 12.7. The Morgan fingerprint density at radius 1 is 1.16 bits per heavy atom. The first-order chi connectivity index (χ1) is 12.0. The first-order valence-electron chi connectivity index (χ1n) is 8.30. The molecule has 2 aromatic heterocycles. The van der Waals surface area contributed by atoms with Crippen molar-refractivity contribution in [2.24, 2.45) is 5.92 Å². The molecule has 130 valence electrons. The van der Waals surface area contributed by atoms with Crippen molar-refractivity contribution in [1.82, 2.24) is 15.1 Å². The number of hydrogen-bond acceptors (Lipinski definition) is 4. The van der Waals surface area contributed by atoms with Crippen LogP contribution in [0, 0.1) is 5.92 Å². The smallest absolute Gasteiger partial charge is 0.275 e. The standard InChI is InChI=1S/C19H21N3O2S/c1-12(2)13(3)20-17(23)11-22-19(24)15-8-5-4-7-14(15)18(21-22)16-9-6-10-25-16/h4-10,12-13H,11H2,1-3H3,(H,20,23)/t13-/m1/s1. The highest BCUT2D eigenvalue weighted by atomic mass is 32.1. The molecule has 1 aromatic carbocycles. The van der Waals surface area contributed by atoms with Crippen LogP contribution in [0.15, 0.2) is 46.6 Å². The number of thiophene rings is 1. The Balaban J connectivity index is 2.03. The van der Waals surface area contributed by atoms with Crippen molar-refractivity contribution in [3.05, 3.63) is 52.1 Å².